The van der Waals surface area contributed by atoms with Gasteiger partial charge in [0.05, 0.1) is 18.9 Å². The van der Waals surface area contributed by atoms with Crippen LogP contribution in [-0.2, 0) is 11.3 Å². The highest BCUT2D eigenvalue weighted by Gasteiger charge is 2.09. The number of hydrogen-bond donors (Lipinski definition) is 2. The van der Waals surface area contributed by atoms with E-state index in [2.05, 4.69) is 32.4 Å². The second-order valence-electron chi connectivity index (χ2n) is 6.03. The Morgan fingerprint density at radius 3 is 2.60 bits per heavy atom. The van der Waals surface area contributed by atoms with Gasteiger partial charge in [-0.15, -0.1) is 24.0 Å². The van der Waals surface area contributed by atoms with Crippen molar-refractivity contribution >= 4 is 29.9 Å². The molecule has 2 rings (SSSR count). The summed E-state index contributed by atoms with van der Waals surface area (Å²) in [6.07, 6.45) is 2.31. The molecule has 0 bridgehead atoms. The first-order valence-corrected chi connectivity index (χ1v) is 8.94. The van der Waals surface area contributed by atoms with Gasteiger partial charge in [0.1, 0.15) is 12.3 Å². The molecule has 0 atom stereocenters. The van der Waals surface area contributed by atoms with Crippen LogP contribution in [0.5, 0.6) is 0 Å². The van der Waals surface area contributed by atoms with E-state index < -0.39 is 0 Å². The standard InChI is InChI=1S/C17H31N5O2.HI/c1-4-18-17(20-13-16-21-14(2)15(3)24-16)19-7-5-6-8-22-9-11-23-12-10-22;/h4-13H2,1-3H3,(H2,18,19,20);1H. The van der Waals surface area contributed by atoms with Crippen molar-refractivity contribution in [3.05, 3.63) is 17.3 Å². The van der Waals surface area contributed by atoms with E-state index in [1.54, 1.807) is 0 Å². The minimum absolute atomic E-state index is 0. The fraction of sp³-hybridized carbons (Fsp3) is 0.765. The maximum atomic E-state index is 5.56. The van der Waals surface area contributed by atoms with Crippen LogP contribution in [0, 0.1) is 13.8 Å². The Morgan fingerprint density at radius 1 is 1.20 bits per heavy atom. The van der Waals surface area contributed by atoms with Crippen LogP contribution in [0.15, 0.2) is 9.41 Å². The van der Waals surface area contributed by atoms with Gasteiger partial charge in [0.15, 0.2) is 5.96 Å². The fourth-order valence-electron chi connectivity index (χ4n) is 2.59. The minimum atomic E-state index is 0. The van der Waals surface area contributed by atoms with Gasteiger partial charge in [-0.25, -0.2) is 9.98 Å². The molecule has 1 aromatic heterocycles. The van der Waals surface area contributed by atoms with Crippen LogP contribution < -0.4 is 10.6 Å². The van der Waals surface area contributed by atoms with Crippen molar-refractivity contribution in [2.45, 2.75) is 40.2 Å². The second kappa shape index (κ2) is 12.5. The van der Waals surface area contributed by atoms with Gasteiger partial charge in [0, 0.05) is 26.2 Å². The van der Waals surface area contributed by atoms with Crippen LogP contribution >= 0.6 is 24.0 Å². The number of nitrogens with zero attached hydrogens (tertiary/aromatic N) is 3. The van der Waals surface area contributed by atoms with E-state index in [1.807, 2.05) is 13.8 Å². The minimum Gasteiger partial charge on any atom is -0.444 e. The number of unbranched alkanes of at least 4 members (excludes halogenated alkanes) is 1. The highest BCUT2D eigenvalue weighted by atomic mass is 127. The number of morpholine rings is 1. The molecule has 1 fully saturated rings. The summed E-state index contributed by atoms with van der Waals surface area (Å²) in [7, 11) is 0. The Labute approximate surface area is 168 Å². The summed E-state index contributed by atoms with van der Waals surface area (Å²) < 4.78 is 10.9. The molecule has 0 radical (unpaired) electrons. The van der Waals surface area contributed by atoms with Gasteiger partial charge in [-0.2, -0.15) is 0 Å². The van der Waals surface area contributed by atoms with Crippen molar-refractivity contribution in [3.63, 3.8) is 0 Å². The summed E-state index contributed by atoms with van der Waals surface area (Å²) in [5.41, 5.74) is 0.932. The SMILES string of the molecule is CCNC(=NCc1nc(C)c(C)o1)NCCCCN1CCOCC1.I. The van der Waals surface area contributed by atoms with E-state index >= 15 is 0 Å². The molecule has 144 valence electrons. The number of ether oxygens (including phenoxy) is 1. The largest absolute Gasteiger partial charge is 0.444 e. The number of aliphatic imine (C=N–C) groups is 1. The summed E-state index contributed by atoms with van der Waals surface area (Å²) in [6, 6.07) is 0. The van der Waals surface area contributed by atoms with Crippen molar-refractivity contribution in [2.24, 2.45) is 4.99 Å². The molecule has 0 saturated carbocycles. The Bertz CT molecular complexity index is 496. The van der Waals surface area contributed by atoms with Gasteiger partial charge < -0.3 is 19.8 Å². The van der Waals surface area contributed by atoms with Crippen LogP contribution in [0.4, 0.5) is 0 Å². The normalized spacial score (nSPS) is 15.7. The highest BCUT2D eigenvalue weighted by molar-refractivity contribution is 14.0. The van der Waals surface area contributed by atoms with Gasteiger partial charge in [0.25, 0.3) is 0 Å². The summed E-state index contributed by atoms with van der Waals surface area (Å²) in [5.74, 6) is 2.34. The Kier molecular flexibility index (Phi) is 11.1. The number of hydrogen-bond acceptors (Lipinski definition) is 5. The molecule has 0 aliphatic carbocycles. The molecule has 8 heteroatoms. The zero-order valence-corrected chi connectivity index (χ0v) is 18.0. The molecule has 2 N–H and O–H groups in total. The second-order valence-corrected chi connectivity index (χ2v) is 6.03. The van der Waals surface area contributed by atoms with E-state index in [0.717, 1.165) is 69.8 Å². The van der Waals surface area contributed by atoms with Crippen molar-refractivity contribution in [2.75, 3.05) is 45.9 Å². The Balaban J connectivity index is 0.00000312. The number of aromatic nitrogens is 1. The molecule has 2 heterocycles. The quantitative estimate of drug-likeness (QED) is 0.265. The smallest absolute Gasteiger partial charge is 0.216 e. The number of nitrogens with one attached hydrogen (secondary N) is 2. The first kappa shape index (κ1) is 22.2. The number of guanidine groups is 1. The topological polar surface area (TPSA) is 74.9 Å². The molecule has 7 nitrogen and oxygen atoms in total. The molecular weight excluding hydrogens is 433 g/mol. The Morgan fingerprint density at radius 2 is 1.96 bits per heavy atom. The molecular formula is C17H32IN5O2. The third kappa shape index (κ3) is 8.37. The summed E-state index contributed by atoms with van der Waals surface area (Å²) in [5, 5.41) is 6.63. The van der Waals surface area contributed by atoms with Crippen LogP contribution in [-0.4, -0.2) is 61.8 Å². The molecule has 1 saturated heterocycles. The first-order valence-electron chi connectivity index (χ1n) is 8.94. The van der Waals surface area contributed by atoms with Crippen LogP contribution in [0.25, 0.3) is 0 Å². The average Bonchev–Trinajstić information content (AvgIpc) is 2.91. The first-order chi connectivity index (χ1) is 11.7. The van der Waals surface area contributed by atoms with Crippen molar-refractivity contribution < 1.29 is 9.15 Å². The van der Waals surface area contributed by atoms with E-state index in [0.29, 0.717) is 12.4 Å². The maximum Gasteiger partial charge on any atom is 0.216 e. The molecule has 0 spiro atoms. The van der Waals surface area contributed by atoms with Crippen LogP contribution in [0.3, 0.4) is 0 Å². The van der Waals surface area contributed by atoms with Crippen LogP contribution in [0.1, 0.15) is 37.1 Å². The summed E-state index contributed by atoms with van der Waals surface area (Å²) in [6.45, 7) is 13.2. The lowest BCUT2D eigenvalue weighted by molar-refractivity contribution is 0.0372. The zero-order chi connectivity index (χ0) is 17.2. The monoisotopic (exact) mass is 465 g/mol. The molecule has 0 unspecified atom stereocenters. The fourth-order valence-corrected chi connectivity index (χ4v) is 2.59. The van der Waals surface area contributed by atoms with E-state index in [4.69, 9.17) is 9.15 Å². The van der Waals surface area contributed by atoms with E-state index in [-0.39, 0.29) is 24.0 Å². The maximum absolute atomic E-state index is 5.56. The molecule has 0 amide bonds. The zero-order valence-electron chi connectivity index (χ0n) is 15.6. The molecule has 0 aromatic carbocycles. The molecule has 1 aliphatic heterocycles. The highest BCUT2D eigenvalue weighted by Crippen LogP contribution is 2.08. The van der Waals surface area contributed by atoms with Crippen LogP contribution in [0.2, 0.25) is 0 Å². The summed E-state index contributed by atoms with van der Waals surface area (Å²) >= 11 is 0. The van der Waals surface area contributed by atoms with Crippen molar-refractivity contribution in [3.8, 4) is 0 Å². The van der Waals surface area contributed by atoms with Gasteiger partial charge in [-0.05, 0) is 40.2 Å². The molecule has 1 aromatic rings. The lowest BCUT2D eigenvalue weighted by Gasteiger charge is -2.26. The predicted molar refractivity (Wildman–Crippen MR) is 111 cm³/mol. The van der Waals surface area contributed by atoms with Crippen molar-refractivity contribution in [1.82, 2.24) is 20.5 Å². The van der Waals surface area contributed by atoms with Gasteiger partial charge in [-0.3, -0.25) is 4.90 Å². The number of aryl methyl sites for hydroxylation is 2. The lowest BCUT2D eigenvalue weighted by Crippen LogP contribution is -2.39. The van der Waals surface area contributed by atoms with Crippen molar-refractivity contribution in [1.29, 1.82) is 0 Å². The van der Waals surface area contributed by atoms with E-state index in [9.17, 15) is 0 Å². The van der Waals surface area contributed by atoms with Gasteiger partial charge in [0.2, 0.25) is 5.89 Å². The third-order valence-electron chi connectivity index (χ3n) is 4.09. The summed E-state index contributed by atoms with van der Waals surface area (Å²) in [4.78, 5) is 11.4. The van der Waals surface area contributed by atoms with E-state index in [1.165, 1.54) is 6.42 Å². The number of rotatable bonds is 8. The average molecular weight is 465 g/mol. The number of halogens is 1. The molecule has 1 aliphatic rings. The molecule has 25 heavy (non-hydrogen) atoms. The van der Waals surface area contributed by atoms with Gasteiger partial charge >= 0.3 is 0 Å². The third-order valence-corrected chi connectivity index (χ3v) is 4.09. The Hall–Kier alpha value is -0.870. The number of oxazole rings is 1. The predicted octanol–water partition coefficient (Wildman–Crippen LogP) is 2.08. The van der Waals surface area contributed by atoms with Gasteiger partial charge in [-0.1, -0.05) is 0 Å². The lowest BCUT2D eigenvalue weighted by atomic mass is 10.3.